The van der Waals surface area contributed by atoms with Crippen LogP contribution in [0.15, 0.2) is 48.7 Å². The summed E-state index contributed by atoms with van der Waals surface area (Å²) >= 11 is 0. The highest BCUT2D eigenvalue weighted by atomic mass is 19.2. The number of nitrogens with one attached hydrogen (secondary N) is 1. The molecule has 1 N–H and O–H groups in total. The number of rotatable bonds is 3. The van der Waals surface area contributed by atoms with Crippen molar-refractivity contribution in [3.63, 3.8) is 0 Å². The number of H-pyrrole nitrogens is 1. The van der Waals surface area contributed by atoms with Crippen molar-refractivity contribution in [1.82, 2.24) is 9.88 Å². The van der Waals surface area contributed by atoms with Gasteiger partial charge >= 0.3 is 0 Å². The minimum absolute atomic E-state index is 0.207. The van der Waals surface area contributed by atoms with Crippen molar-refractivity contribution in [2.45, 2.75) is 19.3 Å². The summed E-state index contributed by atoms with van der Waals surface area (Å²) in [5.74, 6) is -1.62. The molecular weight excluding hydrogens is 334 g/mol. The van der Waals surface area contributed by atoms with Crippen LogP contribution in [0.2, 0.25) is 0 Å². The number of para-hydroxylation sites is 1. The number of aromatic amines is 1. The Labute approximate surface area is 150 Å². The third-order valence-corrected chi connectivity index (χ3v) is 5.25. The zero-order valence-electron chi connectivity index (χ0n) is 14.3. The Morgan fingerprint density at radius 2 is 1.85 bits per heavy atom. The Hall–Kier alpha value is -2.69. The lowest BCUT2D eigenvalue weighted by Gasteiger charge is -2.32. The first-order chi connectivity index (χ1) is 12.6. The average Bonchev–Trinajstić information content (AvgIpc) is 3.07. The second-order valence-electron chi connectivity index (χ2n) is 6.93. The zero-order valence-corrected chi connectivity index (χ0v) is 14.3. The minimum atomic E-state index is -0.981. The van der Waals surface area contributed by atoms with Gasteiger partial charge in [-0.05, 0) is 55.0 Å². The molecule has 2 aromatic carbocycles. The van der Waals surface area contributed by atoms with Crippen LogP contribution in [-0.4, -0.2) is 28.9 Å². The average molecular weight is 354 g/mol. The maximum absolute atomic E-state index is 13.4. The number of benzene rings is 2. The van der Waals surface area contributed by atoms with Gasteiger partial charge in [0.25, 0.3) is 5.91 Å². The normalized spacial score (nSPS) is 15.5. The highest BCUT2D eigenvalue weighted by molar-refractivity contribution is 5.94. The van der Waals surface area contributed by atoms with Gasteiger partial charge in [0, 0.05) is 35.8 Å². The van der Waals surface area contributed by atoms with Crippen LogP contribution in [0.4, 0.5) is 8.78 Å². The molecule has 0 radical (unpaired) electrons. The van der Waals surface area contributed by atoms with E-state index in [1.807, 2.05) is 12.1 Å². The van der Waals surface area contributed by atoms with Crippen LogP contribution in [0, 0.1) is 17.6 Å². The Morgan fingerprint density at radius 3 is 2.62 bits per heavy atom. The number of aromatic nitrogens is 1. The number of nitrogens with zero attached hydrogens (tertiary/aromatic N) is 1. The predicted octanol–water partition coefficient (Wildman–Crippen LogP) is 4.54. The molecule has 5 heteroatoms. The molecule has 1 aliphatic rings. The van der Waals surface area contributed by atoms with Crippen LogP contribution < -0.4 is 0 Å². The Morgan fingerprint density at radius 1 is 1.08 bits per heavy atom. The van der Waals surface area contributed by atoms with Gasteiger partial charge in [-0.15, -0.1) is 0 Å². The molecule has 134 valence electrons. The molecule has 0 unspecified atom stereocenters. The number of piperidine rings is 1. The number of amides is 1. The minimum Gasteiger partial charge on any atom is -0.361 e. The van der Waals surface area contributed by atoms with Gasteiger partial charge in [0.1, 0.15) is 0 Å². The summed E-state index contributed by atoms with van der Waals surface area (Å²) < 4.78 is 26.4. The van der Waals surface area contributed by atoms with E-state index in [0.29, 0.717) is 19.0 Å². The number of carbonyl (C=O) groups excluding carboxylic acids is 1. The summed E-state index contributed by atoms with van der Waals surface area (Å²) in [6.07, 6.45) is 4.88. The lowest BCUT2D eigenvalue weighted by molar-refractivity contribution is 0.0690. The molecule has 1 amide bonds. The number of carbonyl (C=O) groups is 1. The van der Waals surface area contributed by atoms with Gasteiger partial charge in [-0.25, -0.2) is 8.78 Å². The van der Waals surface area contributed by atoms with Crippen molar-refractivity contribution in [2.24, 2.45) is 5.92 Å². The molecule has 3 nitrogen and oxygen atoms in total. The fourth-order valence-electron chi connectivity index (χ4n) is 3.76. The van der Waals surface area contributed by atoms with E-state index in [9.17, 15) is 13.6 Å². The first-order valence-electron chi connectivity index (χ1n) is 8.91. The van der Waals surface area contributed by atoms with Crippen molar-refractivity contribution in [3.8, 4) is 0 Å². The maximum atomic E-state index is 13.4. The summed E-state index contributed by atoms with van der Waals surface area (Å²) in [7, 11) is 0. The molecular formula is C21H20F2N2O. The predicted molar refractivity (Wildman–Crippen MR) is 97.0 cm³/mol. The molecule has 0 bridgehead atoms. The molecule has 3 aromatic rings. The van der Waals surface area contributed by atoms with Crippen molar-refractivity contribution in [1.29, 1.82) is 0 Å². The summed E-state index contributed by atoms with van der Waals surface area (Å²) in [4.78, 5) is 17.5. The summed E-state index contributed by atoms with van der Waals surface area (Å²) in [5, 5.41) is 1.26. The van der Waals surface area contributed by atoms with E-state index in [2.05, 4.69) is 23.3 Å². The molecule has 0 spiro atoms. The topological polar surface area (TPSA) is 36.1 Å². The number of halogens is 2. The van der Waals surface area contributed by atoms with Crippen LogP contribution in [0.1, 0.15) is 28.8 Å². The second kappa shape index (κ2) is 6.90. The van der Waals surface area contributed by atoms with Crippen LogP contribution in [-0.2, 0) is 6.42 Å². The van der Waals surface area contributed by atoms with E-state index in [4.69, 9.17) is 0 Å². The van der Waals surface area contributed by atoms with Crippen LogP contribution in [0.3, 0.4) is 0 Å². The fraction of sp³-hybridized carbons (Fsp3) is 0.286. The summed E-state index contributed by atoms with van der Waals surface area (Å²) in [6.45, 7) is 1.29. The molecule has 1 aliphatic heterocycles. The summed E-state index contributed by atoms with van der Waals surface area (Å²) in [5.41, 5.74) is 2.67. The Bertz CT molecular complexity index is 942. The van der Waals surface area contributed by atoms with Crippen molar-refractivity contribution >= 4 is 16.8 Å². The highest BCUT2D eigenvalue weighted by Gasteiger charge is 2.25. The van der Waals surface area contributed by atoms with Crippen molar-refractivity contribution in [2.75, 3.05) is 13.1 Å². The molecule has 1 fully saturated rings. The zero-order chi connectivity index (χ0) is 18.1. The number of likely N-dealkylation sites (tertiary alicyclic amines) is 1. The van der Waals surface area contributed by atoms with Gasteiger partial charge < -0.3 is 9.88 Å². The maximum Gasteiger partial charge on any atom is 0.253 e. The van der Waals surface area contributed by atoms with Crippen molar-refractivity contribution < 1.29 is 13.6 Å². The lowest BCUT2D eigenvalue weighted by atomic mass is 9.90. The number of hydrogen-bond acceptors (Lipinski definition) is 1. The first kappa shape index (κ1) is 16.8. The van der Waals surface area contributed by atoms with E-state index in [0.717, 1.165) is 36.9 Å². The Kier molecular flexibility index (Phi) is 4.45. The second-order valence-corrected chi connectivity index (χ2v) is 6.93. The molecule has 1 aromatic heterocycles. The Balaban J connectivity index is 1.39. The van der Waals surface area contributed by atoms with Crippen LogP contribution in [0.25, 0.3) is 10.9 Å². The fourth-order valence-corrected chi connectivity index (χ4v) is 3.76. The van der Waals surface area contributed by atoms with Crippen LogP contribution in [0.5, 0.6) is 0 Å². The van der Waals surface area contributed by atoms with Crippen LogP contribution >= 0.6 is 0 Å². The molecule has 0 atom stereocenters. The quantitative estimate of drug-likeness (QED) is 0.736. The lowest BCUT2D eigenvalue weighted by Crippen LogP contribution is -2.39. The third kappa shape index (κ3) is 3.21. The third-order valence-electron chi connectivity index (χ3n) is 5.25. The van der Waals surface area contributed by atoms with Gasteiger partial charge in [-0.3, -0.25) is 4.79 Å². The van der Waals surface area contributed by atoms with E-state index in [1.165, 1.54) is 17.0 Å². The van der Waals surface area contributed by atoms with Gasteiger partial charge in [0.15, 0.2) is 11.6 Å². The number of hydrogen-bond donors (Lipinski definition) is 1. The largest absolute Gasteiger partial charge is 0.361 e. The summed E-state index contributed by atoms with van der Waals surface area (Å²) in [6, 6.07) is 11.6. The van der Waals surface area contributed by atoms with Gasteiger partial charge in [-0.2, -0.15) is 0 Å². The van der Waals surface area contributed by atoms with E-state index in [1.54, 1.807) is 4.90 Å². The van der Waals surface area contributed by atoms with Gasteiger partial charge in [0.2, 0.25) is 0 Å². The number of fused-ring (bicyclic) bond motifs is 1. The molecule has 2 heterocycles. The monoisotopic (exact) mass is 354 g/mol. The highest BCUT2D eigenvalue weighted by Crippen LogP contribution is 2.27. The van der Waals surface area contributed by atoms with E-state index >= 15 is 0 Å². The molecule has 0 saturated carbocycles. The molecule has 1 saturated heterocycles. The van der Waals surface area contributed by atoms with E-state index in [-0.39, 0.29) is 11.5 Å². The first-order valence-corrected chi connectivity index (χ1v) is 8.91. The van der Waals surface area contributed by atoms with Crippen molar-refractivity contribution in [3.05, 3.63) is 71.4 Å². The smallest absolute Gasteiger partial charge is 0.253 e. The van der Waals surface area contributed by atoms with E-state index < -0.39 is 11.6 Å². The molecule has 26 heavy (non-hydrogen) atoms. The van der Waals surface area contributed by atoms with Gasteiger partial charge in [-0.1, -0.05) is 18.2 Å². The molecule has 0 aliphatic carbocycles. The SMILES string of the molecule is O=C(c1ccc(F)c(F)c1)N1CCC(Cc2c[nH]c3ccccc23)CC1. The molecule has 4 rings (SSSR count). The standard InChI is InChI=1S/C21H20F2N2O/c22-18-6-5-15(12-19(18)23)21(26)25-9-7-14(8-10-25)11-16-13-24-20-4-2-1-3-17(16)20/h1-6,12-14,24H,7-11H2. The van der Waals surface area contributed by atoms with Gasteiger partial charge in [0.05, 0.1) is 0 Å².